The van der Waals surface area contributed by atoms with Gasteiger partial charge in [0.05, 0.1) is 13.2 Å². The number of nitrogens with zero attached hydrogens (tertiary/aromatic N) is 1. The van der Waals surface area contributed by atoms with Gasteiger partial charge in [-0.3, -0.25) is 4.79 Å². The first-order valence-electron chi connectivity index (χ1n) is 7.58. The summed E-state index contributed by atoms with van der Waals surface area (Å²) in [6.07, 6.45) is 0.240. The summed E-state index contributed by atoms with van der Waals surface area (Å²) in [5.74, 6) is -0.842. The van der Waals surface area contributed by atoms with Crippen LogP contribution in [0.4, 0.5) is 5.69 Å². The molecule has 124 valence electrons. The molecule has 0 radical (unpaired) electrons. The first kappa shape index (κ1) is 17.4. The van der Waals surface area contributed by atoms with Crippen molar-refractivity contribution >= 4 is 11.6 Å². The summed E-state index contributed by atoms with van der Waals surface area (Å²) in [7, 11) is 1.45. The highest BCUT2D eigenvalue weighted by molar-refractivity contribution is 5.95. The van der Waals surface area contributed by atoms with Crippen LogP contribution in [0.2, 0.25) is 0 Å². The maximum Gasteiger partial charge on any atom is 0.242 e. The summed E-state index contributed by atoms with van der Waals surface area (Å²) in [5, 5.41) is 21.8. The summed E-state index contributed by atoms with van der Waals surface area (Å²) in [5.41, 5.74) is 3.51. The van der Waals surface area contributed by atoms with E-state index in [1.165, 1.54) is 13.2 Å². The number of methoxy groups -OCH3 is 1. The molecule has 2 N–H and O–H groups in total. The fraction of sp³-hybridized carbons (Fsp3) is 0.263. The summed E-state index contributed by atoms with van der Waals surface area (Å²) < 4.78 is 5.05. The van der Waals surface area contributed by atoms with Gasteiger partial charge in [-0.15, -0.1) is 0 Å². The van der Waals surface area contributed by atoms with Crippen molar-refractivity contribution in [3.8, 4) is 17.6 Å². The molecule has 0 aliphatic rings. The third kappa shape index (κ3) is 3.85. The highest BCUT2D eigenvalue weighted by Gasteiger charge is 2.20. The molecule has 0 aliphatic heterocycles. The minimum absolute atomic E-state index is 0.0228. The number of anilines is 1. The number of nitriles is 1. The molecule has 2 aromatic carbocycles. The minimum Gasteiger partial charge on any atom is -0.504 e. The van der Waals surface area contributed by atoms with Crippen molar-refractivity contribution in [2.45, 2.75) is 20.3 Å². The van der Waals surface area contributed by atoms with E-state index in [0.29, 0.717) is 11.4 Å². The van der Waals surface area contributed by atoms with Crippen molar-refractivity contribution < 1.29 is 14.6 Å². The molecule has 0 bridgehead atoms. The van der Waals surface area contributed by atoms with E-state index in [0.717, 1.165) is 16.7 Å². The second kappa shape index (κ2) is 7.51. The molecule has 0 saturated heterocycles. The normalized spacial score (nSPS) is 11.4. The molecule has 2 rings (SSSR count). The van der Waals surface area contributed by atoms with Gasteiger partial charge in [-0.05, 0) is 55.2 Å². The van der Waals surface area contributed by atoms with E-state index >= 15 is 0 Å². The zero-order valence-corrected chi connectivity index (χ0v) is 14.0. The molecular weight excluding hydrogens is 304 g/mol. The number of aryl methyl sites for hydroxylation is 1. The van der Waals surface area contributed by atoms with Crippen molar-refractivity contribution in [1.82, 2.24) is 0 Å². The average molecular weight is 324 g/mol. The lowest BCUT2D eigenvalue weighted by molar-refractivity contribution is -0.118. The quantitative estimate of drug-likeness (QED) is 0.883. The molecule has 1 atom stereocenters. The Kier molecular flexibility index (Phi) is 5.43. The van der Waals surface area contributed by atoms with Crippen LogP contribution >= 0.6 is 0 Å². The Bertz CT molecular complexity index is 794. The van der Waals surface area contributed by atoms with Gasteiger partial charge in [0.25, 0.3) is 0 Å². The summed E-state index contributed by atoms with van der Waals surface area (Å²) in [4.78, 5) is 12.4. The molecule has 5 heteroatoms. The van der Waals surface area contributed by atoms with Crippen LogP contribution in [0.25, 0.3) is 0 Å². The number of phenolic OH excluding ortho intramolecular Hbond substituents is 1. The van der Waals surface area contributed by atoms with Crippen molar-refractivity contribution in [2.24, 2.45) is 5.92 Å². The predicted molar refractivity (Wildman–Crippen MR) is 92.0 cm³/mol. The Balaban J connectivity index is 2.15. The summed E-state index contributed by atoms with van der Waals surface area (Å²) in [6, 6.07) is 12.5. The molecule has 0 aliphatic carbocycles. The number of hydrogen-bond acceptors (Lipinski definition) is 4. The van der Waals surface area contributed by atoms with Gasteiger partial charge in [0.2, 0.25) is 5.91 Å². The molecule has 0 saturated carbocycles. The summed E-state index contributed by atoms with van der Waals surface area (Å²) in [6.45, 7) is 3.90. The van der Waals surface area contributed by atoms with Crippen LogP contribution in [0.5, 0.6) is 11.5 Å². The maximum absolute atomic E-state index is 12.4. The third-order valence-corrected chi connectivity index (χ3v) is 4.02. The zero-order valence-electron chi connectivity index (χ0n) is 14.0. The van der Waals surface area contributed by atoms with Crippen LogP contribution in [-0.4, -0.2) is 18.1 Å². The average Bonchev–Trinajstić information content (AvgIpc) is 2.58. The molecule has 1 amide bonds. The lowest BCUT2D eigenvalue weighted by Gasteiger charge is -2.14. The van der Waals surface area contributed by atoms with Crippen LogP contribution in [0.15, 0.2) is 36.4 Å². The fourth-order valence-electron chi connectivity index (χ4n) is 2.39. The van der Waals surface area contributed by atoms with Gasteiger partial charge < -0.3 is 15.2 Å². The third-order valence-electron chi connectivity index (χ3n) is 4.02. The van der Waals surface area contributed by atoms with Gasteiger partial charge in [0.15, 0.2) is 11.5 Å². The summed E-state index contributed by atoms with van der Waals surface area (Å²) >= 11 is 0. The number of benzene rings is 2. The van der Waals surface area contributed by atoms with Gasteiger partial charge in [0.1, 0.15) is 5.92 Å². The maximum atomic E-state index is 12.4. The number of hydrogen-bond donors (Lipinski definition) is 2. The number of ether oxygens (including phenoxy) is 1. The Morgan fingerprint density at radius 1 is 1.33 bits per heavy atom. The lowest BCUT2D eigenvalue weighted by Crippen LogP contribution is -2.24. The second-order valence-electron chi connectivity index (χ2n) is 5.63. The highest BCUT2D eigenvalue weighted by atomic mass is 16.5. The Hall–Kier alpha value is -3.00. The fourth-order valence-corrected chi connectivity index (χ4v) is 2.39. The van der Waals surface area contributed by atoms with Crippen LogP contribution < -0.4 is 10.1 Å². The van der Waals surface area contributed by atoms with E-state index in [-0.39, 0.29) is 18.1 Å². The molecular formula is C19H20N2O3. The molecule has 1 unspecified atom stereocenters. The van der Waals surface area contributed by atoms with Gasteiger partial charge in [-0.25, -0.2) is 0 Å². The van der Waals surface area contributed by atoms with E-state index in [1.807, 2.05) is 38.1 Å². The topological polar surface area (TPSA) is 82.3 Å². The SMILES string of the molecule is COc1cc(CC(C#N)C(=O)Nc2cccc(C)c2C)ccc1O. The molecule has 5 nitrogen and oxygen atoms in total. The molecule has 0 heterocycles. The monoisotopic (exact) mass is 324 g/mol. The number of phenols is 1. The number of aromatic hydroxyl groups is 1. The molecule has 0 aromatic heterocycles. The van der Waals surface area contributed by atoms with Gasteiger partial charge in [0, 0.05) is 5.69 Å². The van der Waals surface area contributed by atoms with Gasteiger partial charge in [-0.1, -0.05) is 18.2 Å². The van der Waals surface area contributed by atoms with E-state index in [2.05, 4.69) is 5.32 Å². The van der Waals surface area contributed by atoms with E-state index in [4.69, 9.17) is 4.74 Å². The minimum atomic E-state index is -0.834. The van der Waals surface area contributed by atoms with Crippen molar-refractivity contribution in [1.29, 1.82) is 5.26 Å². The van der Waals surface area contributed by atoms with Crippen molar-refractivity contribution in [2.75, 3.05) is 12.4 Å². The number of nitrogens with one attached hydrogen (secondary N) is 1. The Morgan fingerprint density at radius 2 is 2.08 bits per heavy atom. The van der Waals surface area contributed by atoms with Crippen LogP contribution in [-0.2, 0) is 11.2 Å². The van der Waals surface area contributed by atoms with Gasteiger partial charge >= 0.3 is 0 Å². The zero-order chi connectivity index (χ0) is 17.7. The van der Waals surface area contributed by atoms with E-state index in [1.54, 1.807) is 12.1 Å². The lowest BCUT2D eigenvalue weighted by atomic mass is 9.99. The smallest absolute Gasteiger partial charge is 0.242 e. The highest BCUT2D eigenvalue weighted by Crippen LogP contribution is 2.27. The number of rotatable bonds is 5. The van der Waals surface area contributed by atoms with Crippen LogP contribution in [0.3, 0.4) is 0 Å². The molecule has 0 fully saturated rings. The largest absolute Gasteiger partial charge is 0.504 e. The second-order valence-corrected chi connectivity index (χ2v) is 5.63. The number of amides is 1. The number of carbonyl (C=O) groups excluding carboxylic acids is 1. The standard InChI is InChI=1S/C19H20N2O3/c1-12-5-4-6-16(13(12)2)21-19(23)15(11-20)9-14-7-8-17(22)18(10-14)24-3/h4-8,10,15,22H,9H2,1-3H3,(H,21,23). The van der Waals surface area contributed by atoms with Crippen LogP contribution in [0.1, 0.15) is 16.7 Å². The van der Waals surface area contributed by atoms with Crippen LogP contribution in [0, 0.1) is 31.1 Å². The predicted octanol–water partition coefficient (Wildman–Crippen LogP) is 3.34. The first-order chi connectivity index (χ1) is 11.5. The van der Waals surface area contributed by atoms with Crippen molar-refractivity contribution in [3.63, 3.8) is 0 Å². The Labute approximate surface area is 141 Å². The molecule has 0 spiro atoms. The van der Waals surface area contributed by atoms with E-state index < -0.39 is 5.92 Å². The van der Waals surface area contributed by atoms with Crippen molar-refractivity contribution in [3.05, 3.63) is 53.1 Å². The van der Waals surface area contributed by atoms with Gasteiger partial charge in [-0.2, -0.15) is 5.26 Å². The first-order valence-corrected chi connectivity index (χ1v) is 7.58. The Morgan fingerprint density at radius 3 is 2.75 bits per heavy atom. The van der Waals surface area contributed by atoms with E-state index in [9.17, 15) is 15.2 Å². The molecule has 24 heavy (non-hydrogen) atoms. The number of carbonyl (C=O) groups is 1. The molecule has 2 aromatic rings.